The van der Waals surface area contributed by atoms with E-state index in [0.29, 0.717) is 0 Å². The third-order valence-electron chi connectivity index (χ3n) is 14.3. The van der Waals surface area contributed by atoms with Crippen molar-refractivity contribution in [3.63, 3.8) is 0 Å². The molecule has 0 radical (unpaired) electrons. The van der Waals surface area contributed by atoms with Crippen molar-refractivity contribution < 1.29 is 5.11 Å². The van der Waals surface area contributed by atoms with E-state index in [0.717, 1.165) is 12.8 Å². The zero-order valence-corrected chi connectivity index (χ0v) is 37.6. The van der Waals surface area contributed by atoms with Crippen molar-refractivity contribution in [1.82, 2.24) is 0 Å². The Balaban J connectivity index is 1.45. The van der Waals surface area contributed by atoms with Crippen LogP contribution in [0, 0.1) is 69.2 Å². The molecule has 0 aromatic heterocycles. The molecule has 0 amide bonds. The summed E-state index contributed by atoms with van der Waals surface area (Å²) in [4.78, 5) is 0. The molecule has 1 aliphatic rings. The smallest absolute Gasteiger partial charge is 0.0559 e. The van der Waals surface area contributed by atoms with E-state index in [1.807, 2.05) is 0 Å². The quantitative estimate of drug-likeness (QED) is 0.159. The van der Waals surface area contributed by atoms with Gasteiger partial charge in [0.25, 0.3) is 0 Å². The maximum atomic E-state index is 12.1. The minimum atomic E-state index is -0.953. The lowest BCUT2D eigenvalue weighted by molar-refractivity contribution is 0.146. The Hall–Kier alpha value is -5.07. The average Bonchev–Trinajstić information content (AvgIpc) is 3.27. The highest BCUT2D eigenvalue weighted by Crippen LogP contribution is 2.69. The van der Waals surface area contributed by atoms with Gasteiger partial charge in [0.2, 0.25) is 0 Å². The summed E-state index contributed by atoms with van der Waals surface area (Å²) >= 11 is 0. The van der Waals surface area contributed by atoms with Gasteiger partial charge in [-0.25, -0.2) is 0 Å². The molecule has 1 heterocycles. The number of hydrogen-bond acceptors (Lipinski definition) is 1. The second-order valence-corrected chi connectivity index (χ2v) is 19.8. The molecule has 0 saturated carbocycles. The molecule has 1 aliphatic heterocycles. The standard InChI is InChI=1S/C57H59OP/c1-34-36(3)40(7)55(41(8)37(34)4)51-22-17-23-52(56-42(9)38(5)35(2)39(6)43(56)10)57(51)59-53(48-28-24-46(25-29-48)44-18-13-11-14-19-44)32-50(58)33-54(59)49-30-26-47(27-31-49)45-20-15-12-16-21-45/h11-31,50,53-54,58H,32-33H2,1-10H3. The maximum Gasteiger partial charge on any atom is 0.0559 e. The number of rotatable bonds is 7. The summed E-state index contributed by atoms with van der Waals surface area (Å²) in [6.45, 7) is 23.2. The molecule has 1 saturated heterocycles. The van der Waals surface area contributed by atoms with Crippen molar-refractivity contribution in [2.75, 3.05) is 0 Å². The third kappa shape index (κ3) is 7.32. The molecule has 0 aliphatic carbocycles. The van der Waals surface area contributed by atoms with Crippen LogP contribution >= 0.6 is 7.92 Å². The lowest BCUT2D eigenvalue weighted by Crippen LogP contribution is -2.28. The van der Waals surface area contributed by atoms with Crippen LogP contribution in [0.15, 0.2) is 127 Å². The van der Waals surface area contributed by atoms with Crippen LogP contribution in [0.25, 0.3) is 44.5 Å². The summed E-state index contributed by atoms with van der Waals surface area (Å²) < 4.78 is 0. The van der Waals surface area contributed by atoms with E-state index in [4.69, 9.17) is 0 Å². The van der Waals surface area contributed by atoms with Crippen molar-refractivity contribution in [1.29, 1.82) is 0 Å². The van der Waals surface area contributed by atoms with E-state index in [1.165, 1.54) is 117 Å². The molecule has 7 aromatic carbocycles. The number of hydrogen-bond donors (Lipinski definition) is 1. The summed E-state index contributed by atoms with van der Waals surface area (Å²) in [6.07, 6.45) is 1.05. The minimum Gasteiger partial charge on any atom is -0.393 e. The summed E-state index contributed by atoms with van der Waals surface area (Å²) in [6, 6.07) is 47.2. The lowest BCUT2D eigenvalue weighted by Gasteiger charge is -2.44. The van der Waals surface area contributed by atoms with E-state index >= 15 is 0 Å². The number of benzene rings is 7. The van der Waals surface area contributed by atoms with Crippen molar-refractivity contribution in [2.45, 2.75) is 99.5 Å². The van der Waals surface area contributed by atoms with E-state index < -0.39 is 14.0 Å². The molecule has 298 valence electrons. The molecule has 2 heteroatoms. The predicted molar refractivity (Wildman–Crippen MR) is 256 cm³/mol. The molecule has 0 bridgehead atoms. The van der Waals surface area contributed by atoms with Crippen LogP contribution < -0.4 is 5.30 Å². The highest BCUT2D eigenvalue weighted by Gasteiger charge is 2.42. The van der Waals surface area contributed by atoms with Crippen LogP contribution in [0.4, 0.5) is 0 Å². The Morgan fingerprint density at radius 3 is 1.00 bits per heavy atom. The van der Waals surface area contributed by atoms with Crippen LogP contribution in [-0.4, -0.2) is 11.2 Å². The molecular formula is C57H59OP. The molecule has 2 unspecified atom stereocenters. The first-order chi connectivity index (χ1) is 28.4. The van der Waals surface area contributed by atoms with Crippen molar-refractivity contribution >= 4 is 13.2 Å². The van der Waals surface area contributed by atoms with Crippen LogP contribution in [0.2, 0.25) is 0 Å². The molecular weight excluding hydrogens is 732 g/mol. The van der Waals surface area contributed by atoms with Gasteiger partial charge in [0.05, 0.1) is 6.10 Å². The summed E-state index contributed by atoms with van der Waals surface area (Å²) in [7, 11) is -0.953. The number of aliphatic hydroxyl groups excluding tert-OH is 1. The van der Waals surface area contributed by atoms with Gasteiger partial charge in [-0.15, -0.1) is 0 Å². The first-order valence-corrected chi connectivity index (χ1v) is 22.9. The largest absolute Gasteiger partial charge is 0.393 e. The molecule has 59 heavy (non-hydrogen) atoms. The molecule has 1 nitrogen and oxygen atoms in total. The average molecular weight is 791 g/mol. The van der Waals surface area contributed by atoms with Crippen LogP contribution in [0.1, 0.15) is 90.9 Å². The normalized spacial score (nSPS) is 17.9. The second-order valence-electron chi connectivity index (χ2n) is 17.2. The Morgan fingerprint density at radius 2 is 0.661 bits per heavy atom. The van der Waals surface area contributed by atoms with Gasteiger partial charge in [-0.3, -0.25) is 0 Å². The first kappa shape index (κ1) is 40.7. The summed E-state index contributed by atoms with van der Waals surface area (Å²) in [5.74, 6) is 0. The third-order valence-corrected chi connectivity index (χ3v) is 17.7. The van der Waals surface area contributed by atoms with Gasteiger partial charge in [-0.05, 0) is 199 Å². The molecule has 2 atom stereocenters. The highest BCUT2D eigenvalue weighted by molar-refractivity contribution is 7.67. The summed E-state index contributed by atoms with van der Waals surface area (Å²) in [5, 5.41) is 13.5. The van der Waals surface area contributed by atoms with Gasteiger partial charge >= 0.3 is 0 Å². The lowest BCUT2D eigenvalue weighted by atomic mass is 9.83. The van der Waals surface area contributed by atoms with E-state index in [1.54, 1.807) is 0 Å². The topological polar surface area (TPSA) is 20.2 Å². The minimum absolute atomic E-state index is 0.138. The molecule has 7 aromatic rings. The van der Waals surface area contributed by atoms with Crippen molar-refractivity contribution in [3.8, 4) is 44.5 Å². The van der Waals surface area contributed by atoms with E-state index in [-0.39, 0.29) is 11.3 Å². The van der Waals surface area contributed by atoms with Crippen molar-refractivity contribution in [3.05, 3.63) is 194 Å². The monoisotopic (exact) mass is 790 g/mol. The highest BCUT2D eigenvalue weighted by atomic mass is 31.1. The van der Waals surface area contributed by atoms with E-state index in [9.17, 15) is 5.11 Å². The first-order valence-electron chi connectivity index (χ1n) is 21.4. The van der Waals surface area contributed by atoms with Crippen molar-refractivity contribution in [2.24, 2.45) is 0 Å². The van der Waals surface area contributed by atoms with Gasteiger partial charge in [-0.1, -0.05) is 135 Å². The Morgan fingerprint density at radius 1 is 0.356 bits per heavy atom. The second kappa shape index (κ2) is 16.5. The Bertz CT molecular complexity index is 2410. The van der Waals surface area contributed by atoms with Crippen LogP contribution in [0.3, 0.4) is 0 Å². The van der Waals surface area contributed by atoms with Gasteiger partial charge in [-0.2, -0.15) is 0 Å². The fourth-order valence-electron chi connectivity index (χ4n) is 10.1. The molecule has 1 fully saturated rings. The van der Waals surface area contributed by atoms with Gasteiger partial charge in [0, 0.05) is 11.3 Å². The fourth-order valence-corrected chi connectivity index (χ4v) is 14.0. The zero-order valence-electron chi connectivity index (χ0n) is 36.7. The number of aliphatic hydroxyl groups is 1. The molecule has 8 rings (SSSR count). The fraction of sp³-hybridized carbons (Fsp3) is 0.263. The molecule has 0 spiro atoms. The van der Waals surface area contributed by atoms with Crippen LogP contribution in [0.5, 0.6) is 0 Å². The Kier molecular flexibility index (Phi) is 11.4. The predicted octanol–water partition coefficient (Wildman–Crippen LogP) is 15.2. The van der Waals surface area contributed by atoms with Gasteiger partial charge < -0.3 is 5.11 Å². The maximum absolute atomic E-state index is 12.1. The molecule has 1 N–H and O–H groups in total. The summed E-state index contributed by atoms with van der Waals surface area (Å²) in [5.41, 5.74) is 27.0. The van der Waals surface area contributed by atoms with E-state index in [2.05, 4.69) is 197 Å². The zero-order chi connectivity index (χ0) is 41.7. The van der Waals surface area contributed by atoms with Gasteiger partial charge in [0.15, 0.2) is 0 Å². The SMILES string of the molecule is Cc1c(C)c(C)c(-c2cccc(-c3c(C)c(C)c(C)c(C)c3C)c2P2C(c3ccc(-c4ccccc4)cc3)CC(O)CC2c2ccc(-c3ccccc3)cc2)c(C)c1C. The Labute approximate surface area is 355 Å². The van der Waals surface area contributed by atoms with Gasteiger partial charge in [0.1, 0.15) is 0 Å². The van der Waals surface area contributed by atoms with Crippen LogP contribution in [-0.2, 0) is 0 Å².